The number of carbonyl (C=O) groups excluding carboxylic acids is 1. The molecule has 2 aromatic carbocycles. The summed E-state index contributed by atoms with van der Waals surface area (Å²) in [5.74, 6) is 0.432. The minimum Gasteiger partial charge on any atom is -0.306 e. The van der Waals surface area contributed by atoms with Crippen LogP contribution in [0.4, 0.5) is 0 Å². The summed E-state index contributed by atoms with van der Waals surface area (Å²) in [6.07, 6.45) is 0.941. The van der Waals surface area contributed by atoms with E-state index in [-0.39, 0.29) is 11.3 Å². The maximum atomic E-state index is 10.9. The van der Waals surface area contributed by atoms with Gasteiger partial charge in [-0.2, -0.15) is 0 Å². The molecule has 0 fully saturated rings. The molecule has 24 heavy (non-hydrogen) atoms. The predicted molar refractivity (Wildman–Crippen MR) is 105 cm³/mol. The van der Waals surface area contributed by atoms with Crippen molar-refractivity contribution < 1.29 is 4.79 Å². The Morgan fingerprint density at radius 3 is 2.33 bits per heavy atom. The highest BCUT2D eigenvalue weighted by atomic mass is 35.5. The van der Waals surface area contributed by atoms with E-state index in [1.165, 1.54) is 0 Å². The van der Waals surface area contributed by atoms with E-state index >= 15 is 0 Å². The van der Waals surface area contributed by atoms with Crippen molar-refractivity contribution >= 4 is 41.2 Å². The van der Waals surface area contributed by atoms with Crippen LogP contribution in [-0.2, 0) is 4.79 Å². The number of halogens is 2. The quantitative estimate of drug-likeness (QED) is 0.594. The summed E-state index contributed by atoms with van der Waals surface area (Å²) in [6, 6.07) is 16.0. The van der Waals surface area contributed by atoms with Crippen LogP contribution < -0.4 is 5.32 Å². The Balaban J connectivity index is 2.42. The molecule has 0 aliphatic rings. The molecule has 2 unspecified atom stereocenters. The first-order chi connectivity index (χ1) is 11.5. The Morgan fingerprint density at radius 2 is 1.75 bits per heavy atom. The van der Waals surface area contributed by atoms with Gasteiger partial charge in [0.2, 0.25) is 0 Å². The van der Waals surface area contributed by atoms with Crippen LogP contribution in [0.25, 0.3) is 0 Å². The SMILES string of the molecule is CC(C)NC(c1ccc(Cl)cc1)C(SCC=O)c1cccc(Cl)c1. The minimum atomic E-state index is 0.0469. The average molecular weight is 382 g/mol. The summed E-state index contributed by atoms with van der Waals surface area (Å²) in [4.78, 5) is 10.9. The van der Waals surface area contributed by atoms with Crippen molar-refractivity contribution in [3.8, 4) is 0 Å². The summed E-state index contributed by atoms with van der Waals surface area (Å²) in [7, 11) is 0. The lowest BCUT2D eigenvalue weighted by molar-refractivity contribution is -0.105. The molecule has 1 N–H and O–H groups in total. The second-order valence-electron chi connectivity index (χ2n) is 5.83. The monoisotopic (exact) mass is 381 g/mol. The second kappa shape index (κ2) is 9.47. The van der Waals surface area contributed by atoms with E-state index < -0.39 is 0 Å². The Labute approximate surface area is 157 Å². The number of benzene rings is 2. The van der Waals surface area contributed by atoms with E-state index in [1.54, 1.807) is 11.8 Å². The molecule has 0 aromatic heterocycles. The van der Waals surface area contributed by atoms with Gasteiger partial charge in [0, 0.05) is 33.1 Å². The van der Waals surface area contributed by atoms with Gasteiger partial charge in [-0.05, 0) is 35.4 Å². The molecule has 0 saturated heterocycles. The maximum absolute atomic E-state index is 10.9. The number of hydrogen-bond donors (Lipinski definition) is 1. The third-order valence-electron chi connectivity index (χ3n) is 3.57. The number of thioether (sulfide) groups is 1. The largest absolute Gasteiger partial charge is 0.306 e. The molecule has 5 heteroatoms. The predicted octanol–water partition coefficient (Wildman–Crippen LogP) is 5.71. The lowest BCUT2D eigenvalue weighted by Gasteiger charge is -2.30. The molecular formula is C19H21Cl2NOS. The zero-order valence-corrected chi connectivity index (χ0v) is 16.0. The zero-order valence-electron chi connectivity index (χ0n) is 13.7. The fraction of sp³-hybridized carbons (Fsp3) is 0.316. The van der Waals surface area contributed by atoms with Gasteiger partial charge in [-0.25, -0.2) is 0 Å². The van der Waals surface area contributed by atoms with Gasteiger partial charge >= 0.3 is 0 Å². The Hall–Kier alpha value is -1.00. The van der Waals surface area contributed by atoms with Crippen molar-refractivity contribution in [2.75, 3.05) is 5.75 Å². The highest BCUT2D eigenvalue weighted by molar-refractivity contribution is 8.00. The van der Waals surface area contributed by atoms with Gasteiger partial charge in [0.1, 0.15) is 6.29 Å². The molecule has 0 bridgehead atoms. The molecule has 128 valence electrons. The summed E-state index contributed by atoms with van der Waals surface area (Å²) in [5, 5.41) is 5.09. The van der Waals surface area contributed by atoms with E-state index in [4.69, 9.17) is 23.2 Å². The molecule has 0 aliphatic heterocycles. The van der Waals surface area contributed by atoms with Crippen LogP contribution in [0, 0.1) is 0 Å². The summed E-state index contributed by atoms with van der Waals surface area (Å²) < 4.78 is 0. The highest BCUT2D eigenvalue weighted by Gasteiger charge is 2.26. The van der Waals surface area contributed by atoms with Gasteiger partial charge < -0.3 is 10.1 Å². The molecule has 0 saturated carbocycles. The normalized spacial score (nSPS) is 13.7. The average Bonchev–Trinajstić information content (AvgIpc) is 2.55. The van der Waals surface area contributed by atoms with E-state index in [2.05, 4.69) is 25.2 Å². The lowest BCUT2D eigenvalue weighted by Crippen LogP contribution is -2.31. The summed E-state index contributed by atoms with van der Waals surface area (Å²) >= 11 is 13.8. The first kappa shape index (κ1) is 19.3. The van der Waals surface area contributed by atoms with Gasteiger partial charge in [0.25, 0.3) is 0 Å². The fourth-order valence-electron chi connectivity index (χ4n) is 2.60. The van der Waals surface area contributed by atoms with Gasteiger partial charge in [-0.15, -0.1) is 11.8 Å². The Kier molecular flexibility index (Phi) is 7.63. The smallest absolute Gasteiger partial charge is 0.129 e. The first-order valence-electron chi connectivity index (χ1n) is 7.83. The van der Waals surface area contributed by atoms with E-state index in [1.807, 2.05) is 42.5 Å². The highest BCUT2D eigenvalue weighted by Crippen LogP contribution is 2.41. The number of rotatable bonds is 8. The van der Waals surface area contributed by atoms with Gasteiger partial charge in [-0.1, -0.05) is 61.3 Å². The van der Waals surface area contributed by atoms with Crippen LogP contribution in [-0.4, -0.2) is 18.1 Å². The van der Waals surface area contributed by atoms with Crippen molar-refractivity contribution in [3.05, 3.63) is 69.7 Å². The molecule has 0 heterocycles. The Bertz CT molecular complexity index is 661. The standard InChI is InChI=1S/C19H21Cl2NOS/c1-13(2)22-18(14-6-8-16(20)9-7-14)19(24-11-10-23)15-4-3-5-17(21)12-15/h3-10,12-13,18-19,22H,11H2,1-2H3. The first-order valence-corrected chi connectivity index (χ1v) is 9.64. The second-order valence-corrected chi connectivity index (χ2v) is 7.87. The van der Waals surface area contributed by atoms with E-state index in [9.17, 15) is 4.79 Å². The molecule has 2 nitrogen and oxygen atoms in total. The maximum Gasteiger partial charge on any atom is 0.129 e. The van der Waals surface area contributed by atoms with Crippen molar-refractivity contribution in [2.45, 2.75) is 31.2 Å². The molecule has 2 aromatic rings. The number of hydrogen-bond acceptors (Lipinski definition) is 3. The third kappa shape index (κ3) is 5.52. The van der Waals surface area contributed by atoms with Gasteiger partial charge in [0.05, 0.1) is 0 Å². The molecule has 0 amide bonds. The zero-order chi connectivity index (χ0) is 17.5. The van der Waals surface area contributed by atoms with E-state index in [0.29, 0.717) is 21.8 Å². The van der Waals surface area contributed by atoms with Crippen LogP contribution in [0.2, 0.25) is 10.0 Å². The molecule has 2 rings (SSSR count). The summed E-state index contributed by atoms with van der Waals surface area (Å²) in [6.45, 7) is 4.23. The molecule has 2 atom stereocenters. The third-order valence-corrected chi connectivity index (χ3v) is 5.28. The number of nitrogens with one attached hydrogen (secondary N) is 1. The molecule has 0 aliphatic carbocycles. The van der Waals surface area contributed by atoms with Crippen molar-refractivity contribution in [1.82, 2.24) is 5.32 Å². The van der Waals surface area contributed by atoms with Crippen LogP contribution in [0.1, 0.15) is 36.3 Å². The fourth-order valence-corrected chi connectivity index (χ4v) is 3.98. The minimum absolute atomic E-state index is 0.0469. The van der Waals surface area contributed by atoms with E-state index in [0.717, 1.165) is 17.4 Å². The number of carbonyl (C=O) groups is 1. The molecule has 0 radical (unpaired) electrons. The van der Waals surface area contributed by atoms with Gasteiger partial charge in [-0.3, -0.25) is 0 Å². The van der Waals surface area contributed by atoms with Crippen molar-refractivity contribution in [2.24, 2.45) is 0 Å². The van der Waals surface area contributed by atoms with Crippen LogP contribution in [0.5, 0.6) is 0 Å². The van der Waals surface area contributed by atoms with Gasteiger partial charge in [0.15, 0.2) is 0 Å². The van der Waals surface area contributed by atoms with Crippen molar-refractivity contribution in [1.29, 1.82) is 0 Å². The van der Waals surface area contributed by atoms with Crippen LogP contribution >= 0.6 is 35.0 Å². The number of aldehydes is 1. The van der Waals surface area contributed by atoms with Crippen molar-refractivity contribution in [3.63, 3.8) is 0 Å². The lowest BCUT2D eigenvalue weighted by atomic mass is 9.97. The molecule has 0 spiro atoms. The molecular weight excluding hydrogens is 361 g/mol. The topological polar surface area (TPSA) is 29.1 Å². The van der Waals surface area contributed by atoms with Crippen LogP contribution in [0.15, 0.2) is 48.5 Å². The Morgan fingerprint density at radius 1 is 1.04 bits per heavy atom. The van der Waals surface area contributed by atoms with Crippen LogP contribution in [0.3, 0.4) is 0 Å². The summed E-state index contributed by atoms with van der Waals surface area (Å²) in [5.41, 5.74) is 2.24.